The SMILES string of the molecule is CCOc1ccccc1C(=O)C1CCN(C(=O)OC(C)(C)C)C1. The molecule has 1 saturated heterocycles. The number of hydrogen-bond donors (Lipinski definition) is 0. The average Bonchev–Trinajstić information content (AvgIpc) is 2.96. The number of ketones is 1. The van der Waals surface area contributed by atoms with Gasteiger partial charge in [0.2, 0.25) is 0 Å². The molecule has 1 fully saturated rings. The zero-order valence-electron chi connectivity index (χ0n) is 14.3. The van der Waals surface area contributed by atoms with E-state index in [-0.39, 0.29) is 17.8 Å². The quantitative estimate of drug-likeness (QED) is 0.797. The second-order valence-corrected chi connectivity index (χ2v) is 6.71. The van der Waals surface area contributed by atoms with Crippen LogP contribution in [-0.2, 0) is 4.74 Å². The van der Waals surface area contributed by atoms with E-state index in [9.17, 15) is 9.59 Å². The number of amides is 1. The fraction of sp³-hybridized carbons (Fsp3) is 0.556. The second-order valence-electron chi connectivity index (χ2n) is 6.71. The average molecular weight is 319 g/mol. The Balaban J connectivity index is 2.04. The fourth-order valence-corrected chi connectivity index (χ4v) is 2.64. The highest BCUT2D eigenvalue weighted by atomic mass is 16.6. The van der Waals surface area contributed by atoms with E-state index >= 15 is 0 Å². The summed E-state index contributed by atoms with van der Waals surface area (Å²) in [5, 5.41) is 0. The molecule has 0 aliphatic carbocycles. The highest BCUT2D eigenvalue weighted by Crippen LogP contribution is 2.27. The Labute approximate surface area is 137 Å². The number of nitrogens with zero attached hydrogens (tertiary/aromatic N) is 1. The first kappa shape index (κ1) is 17.3. The van der Waals surface area contributed by atoms with Gasteiger partial charge < -0.3 is 14.4 Å². The number of ether oxygens (including phenoxy) is 2. The summed E-state index contributed by atoms with van der Waals surface area (Å²) in [5.41, 5.74) is 0.0613. The first-order valence-electron chi connectivity index (χ1n) is 8.05. The summed E-state index contributed by atoms with van der Waals surface area (Å²) in [7, 11) is 0. The number of para-hydroxylation sites is 1. The van der Waals surface area contributed by atoms with Crippen LogP contribution in [0, 0.1) is 5.92 Å². The Kier molecular flexibility index (Phi) is 5.29. The largest absolute Gasteiger partial charge is 0.493 e. The number of rotatable bonds is 4. The van der Waals surface area contributed by atoms with Crippen LogP contribution in [0.15, 0.2) is 24.3 Å². The molecular formula is C18H25NO4. The third-order valence-electron chi connectivity index (χ3n) is 3.66. The van der Waals surface area contributed by atoms with Gasteiger partial charge in [-0.1, -0.05) is 12.1 Å². The molecule has 23 heavy (non-hydrogen) atoms. The van der Waals surface area contributed by atoms with Gasteiger partial charge in [0.15, 0.2) is 5.78 Å². The third-order valence-corrected chi connectivity index (χ3v) is 3.66. The van der Waals surface area contributed by atoms with Crippen molar-refractivity contribution in [3.05, 3.63) is 29.8 Å². The molecule has 5 nitrogen and oxygen atoms in total. The van der Waals surface area contributed by atoms with Gasteiger partial charge in [-0.15, -0.1) is 0 Å². The maximum absolute atomic E-state index is 12.7. The Bertz CT molecular complexity index is 577. The molecule has 0 saturated carbocycles. The van der Waals surface area contributed by atoms with Gasteiger partial charge in [-0.3, -0.25) is 4.79 Å². The van der Waals surface area contributed by atoms with Crippen LogP contribution >= 0.6 is 0 Å². The minimum atomic E-state index is -0.527. The molecule has 0 bridgehead atoms. The number of Topliss-reactive ketones (excluding diaryl/α,β-unsaturated/α-hetero) is 1. The Hall–Kier alpha value is -2.04. The highest BCUT2D eigenvalue weighted by molar-refractivity contribution is 6.00. The molecule has 1 amide bonds. The molecule has 126 valence electrons. The molecule has 1 aromatic rings. The predicted molar refractivity (Wildman–Crippen MR) is 87.9 cm³/mol. The van der Waals surface area contributed by atoms with Crippen molar-refractivity contribution in [1.29, 1.82) is 0 Å². The van der Waals surface area contributed by atoms with E-state index in [4.69, 9.17) is 9.47 Å². The van der Waals surface area contributed by atoms with Crippen LogP contribution in [0.1, 0.15) is 44.5 Å². The van der Waals surface area contributed by atoms with Crippen LogP contribution in [0.3, 0.4) is 0 Å². The first-order valence-corrected chi connectivity index (χ1v) is 8.05. The normalized spacial score (nSPS) is 17.9. The summed E-state index contributed by atoms with van der Waals surface area (Å²) in [6.07, 6.45) is 0.296. The number of benzene rings is 1. The molecule has 0 N–H and O–H groups in total. The van der Waals surface area contributed by atoms with E-state index in [1.165, 1.54) is 0 Å². The predicted octanol–water partition coefficient (Wildman–Crippen LogP) is 3.53. The lowest BCUT2D eigenvalue weighted by Crippen LogP contribution is -2.35. The minimum Gasteiger partial charge on any atom is -0.493 e. The van der Waals surface area contributed by atoms with Crippen LogP contribution in [-0.4, -0.2) is 42.1 Å². The van der Waals surface area contributed by atoms with Gasteiger partial charge in [-0.2, -0.15) is 0 Å². The number of likely N-dealkylation sites (tertiary alicyclic amines) is 1. The lowest BCUT2D eigenvalue weighted by molar-refractivity contribution is 0.0289. The van der Waals surface area contributed by atoms with Gasteiger partial charge in [0.25, 0.3) is 0 Å². The van der Waals surface area contributed by atoms with Crippen molar-refractivity contribution >= 4 is 11.9 Å². The van der Waals surface area contributed by atoms with Gasteiger partial charge in [-0.05, 0) is 46.2 Å². The van der Waals surface area contributed by atoms with E-state index in [2.05, 4.69) is 0 Å². The Morgan fingerprint density at radius 3 is 2.61 bits per heavy atom. The Morgan fingerprint density at radius 2 is 1.96 bits per heavy atom. The van der Waals surface area contributed by atoms with Gasteiger partial charge in [0.1, 0.15) is 11.4 Å². The van der Waals surface area contributed by atoms with Gasteiger partial charge >= 0.3 is 6.09 Å². The molecule has 1 heterocycles. The minimum absolute atomic E-state index is 0.0279. The monoisotopic (exact) mass is 319 g/mol. The summed E-state index contributed by atoms with van der Waals surface area (Å²) in [4.78, 5) is 26.4. The van der Waals surface area contributed by atoms with E-state index in [1.54, 1.807) is 17.0 Å². The van der Waals surface area contributed by atoms with Crippen molar-refractivity contribution in [1.82, 2.24) is 4.90 Å². The van der Waals surface area contributed by atoms with Crippen molar-refractivity contribution < 1.29 is 19.1 Å². The lowest BCUT2D eigenvalue weighted by Gasteiger charge is -2.24. The molecule has 0 radical (unpaired) electrons. The molecule has 1 atom stereocenters. The molecule has 1 aliphatic rings. The molecule has 2 rings (SSSR count). The van der Waals surface area contributed by atoms with E-state index in [0.29, 0.717) is 37.4 Å². The fourth-order valence-electron chi connectivity index (χ4n) is 2.64. The van der Waals surface area contributed by atoms with Crippen molar-refractivity contribution in [3.63, 3.8) is 0 Å². The van der Waals surface area contributed by atoms with Crippen molar-refractivity contribution in [2.24, 2.45) is 5.92 Å². The summed E-state index contributed by atoms with van der Waals surface area (Å²) >= 11 is 0. The van der Waals surface area contributed by atoms with Crippen LogP contribution in [0.4, 0.5) is 4.79 Å². The molecule has 1 unspecified atom stereocenters. The molecule has 1 aliphatic heterocycles. The lowest BCUT2D eigenvalue weighted by atomic mass is 9.96. The molecule has 5 heteroatoms. The van der Waals surface area contributed by atoms with Crippen LogP contribution < -0.4 is 4.74 Å². The second kappa shape index (κ2) is 7.02. The Morgan fingerprint density at radius 1 is 1.26 bits per heavy atom. The molecular weight excluding hydrogens is 294 g/mol. The number of carbonyl (C=O) groups is 2. The summed E-state index contributed by atoms with van der Waals surface area (Å²) in [6.45, 7) is 8.85. The first-order chi connectivity index (χ1) is 10.8. The van der Waals surface area contributed by atoms with E-state index in [0.717, 1.165) is 0 Å². The topological polar surface area (TPSA) is 55.8 Å². The maximum atomic E-state index is 12.7. The maximum Gasteiger partial charge on any atom is 0.410 e. The standard InChI is InChI=1S/C18H25NO4/c1-5-22-15-9-7-6-8-14(15)16(20)13-10-11-19(12-13)17(21)23-18(2,3)4/h6-9,13H,5,10-12H2,1-4H3. The van der Waals surface area contributed by atoms with Crippen molar-refractivity contribution in [2.75, 3.05) is 19.7 Å². The summed E-state index contributed by atoms with van der Waals surface area (Å²) < 4.78 is 10.9. The third kappa shape index (κ3) is 4.47. The number of hydrogen-bond acceptors (Lipinski definition) is 4. The van der Waals surface area contributed by atoms with Crippen LogP contribution in [0.5, 0.6) is 5.75 Å². The molecule has 1 aromatic carbocycles. The molecule has 0 spiro atoms. The summed E-state index contributed by atoms with van der Waals surface area (Å²) in [6, 6.07) is 7.26. The van der Waals surface area contributed by atoms with Crippen molar-refractivity contribution in [2.45, 2.75) is 39.7 Å². The summed E-state index contributed by atoms with van der Waals surface area (Å²) in [5.74, 6) is 0.431. The van der Waals surface area contributed by atoms with Crippen LogP contribution in [0.25, 0.3) is 0 Å². The van der Waals surface area contributed by atoms with Crippen LogP contribution in [0.2, 0.25) is 0 Å². The highest BCUT2D eigenvalue weighted by Gasteiger charge is 2.34. The molecule has 0 aromatic heterocycles. The van der Waals surface area contributed by atoms with Gasteiger partial charge in [-0.25, -0.2) is 4.79 Å². The van der Waals surface area contributed by atoms with Crippen molar-refractivity contribution in [3.8, 4) is 5.75 Å². The van der Waals surface area contributed by atoms with E-state index < -0.39 is 5.60 Å². The number of carbonyl (C=O) groups excluding carboxylic acids is 2. The van der Waals surface area contributed by atoms with E-state index in [1.807, 2.05) is 39.8 Å². The van der Waals surface area contributed by atoms with Gasteiger partial charge in [0.05, 0.1) is 12.2 Å². The van der Waals surface area contributed by atoms with Gasteiger partial charge in [0, 0.05) is 19.0 Å². The zero-order valence-corrected chi connectivity index (χ0v) is 14.3. The zero-order chi connectivity index (χ0) is 17.0. The smallest absolute Gasteiger partial charge is 0.410 e.